The van der Waals surface area contributed by atoms with Crippen LogP contribution < -0.4 is 5.32 Å². The summed E-state index contributed by atoms with van der Waals surface area (Å²) in [6.45, 7) is -0.743. The van der Waals surface area contributed by atoms with Crippen molar-refractivity contribution >= 4 is 24.8 Å². The van der Waals surface area contributed by atoms with Crippen LogP contribution in [0.4, 0.5) is 5.82 Å². The average molecular weight is 485 g/mol. The predicted molar refractivity (Wildman–Crippen MR) is 108 cm³/mol. The van der Waals surface area contributed by atoms with Gasteiger partial charge in [0.2, 0.25) is 0 Å². The summed E-state index contributed by atoms with van der Waals surface area (Å²) in [6.07, 6.45) is -2.94. The van der Waals surface area contributed by atoms with Crippen molar-refractivity contribution < 1.29 is 49.1 Å². The Morgan fingerprint density at radius 1 is 1.09 bits per heavy atom. The fourth-order valence-electron chi connectivity index (χ4n) is 3.42. The van der Waals surface area contributed by atoms with Gasteiger partial charge in [0.1, 0.15) is 41.9 Å². The summed E-state index contributed by atoms with van der Waals surface area (Å²) in [5, 5.41) is 52.8. The molecule has 0 spiro atoms. The lowest BCUT2D eigenvalue weighted by molar-refractivity contribution is -0.0504. The van der Waals surface area contributed by atoms with Gasteiger partial charge in [-0.25, -0.2) is 19.5 Å². The lowest BCUT2D eigenvalue weighted by Gasteiger charge is -2.16. The molecule has 33 heavy (non-hydrogen) atoms. The van der Waals surface area contributed by atoms with Crippen molar-refractivity contribution in [3.05, 3.63) is 30.4 Å². The maximum atomic E-state index is 10.9. The number of aromatic nitrogens is 4. The van der Waals surface area contributed by atoms with E-state index in [1.807, 2.05) is 0 Å². The third kappa shape index (κ3) is 4.69. The van der Waals surface area contributed by atoms with Crippen LogP contribution in [0.1, 0.15) is 11.8 Å². The molecule has 1 aliphatic heterocycles. The molecule has 4 atom stereocenters. The van der Waals surface area contributed by atoms with E-state index in [-0.39, 0.29) is 46.3 Å². The second-order valence-corrected chi connectivity index (χ2v) is 8.43. The first-order chi connectivity index (χ1) is 15.5. The Kier molecular flexibility index (Phi) is 6.11. The molecule has 3 heterocycles. The van der Waals surface area contributed by atoms with E-state index in [1.165, 1.54) is 17.2 Å². The summed E-state index contributed by atoms with van der Waals surface area (Å²) in [5.74, 6) is -0.773. The number of fused-ring (bicyclic) bond motifs is 1. The summed E-state index contributed by atoms with van der Waals surface area (Å²) in [7, 11) is -4.80. The Balaban J connectivity index is 1.56. The van der Waals surface area contributed by atoms with Gasteiger partial charge in [-0.3, -0.25) is 9.09 Å². The summed E-state index contributed by atoms with van der Waals surface area (Å²) in [4.78, 5) is 30.0. The molecule has 0 amide bonds. The van der Waals surface area contributed by atoms with Crippen molar-refractivity contribution in [2.75, 3.05) is 11.9 Å². The van der Waals surface area contributed by atoms with Gasteiger partial charge in [-0.05, 0) is 0 Å². The van der Waals surface area contributed by atoms with Crippen LogP contribution in [0.25, 0.3) is 11.2 Å². The van der Waals surface area contributed by atoms with E-state index in [2.05, 4.69) is 24.8 Å². The molecule has 15 nitrogen and oxygen atoms in total. The Labute approximate surface area is 184 Å². The van der Waals surface area contributed by atoms with E-state index < -0.39 is 39.0 Å². The number of nitrogens with one attached hydrogen (secondary N) is 1. The number of aliphatic hydroxyl groups is 2. The molecular weight excluding hydrogens is 465 g/mol. The Morgan fingerprint density at radius 3 is 2.45 bits per heavy atom. The molecule has 0 aliphatic carbocycles. The number of benzene rings is 1. The van der Waals surface area contributed by atoms with E-state index in [9.17, 15) is 30.1 Å². The molecule has 8 N–H and O–H groups in total. The SMILES string of the molecule is O=P(O)(O)OC[C@H]1O[C@@H](n2cnc3c(NCc4c(O)cc(O)cc4O)ncnc32)[C@H](O)[C@@H]1O. The van der Waals surface area contributed by atoms with E-state index in [0.29, 0.717) is 0 Å². The Hall–Kier alpha value is -3.04. The molecule has 0 bridgehead atoms. The Bertz CT molecular complexity index is 1190. The fourth-order valence-corrected chi connectivity index (χ4v) is 3.76. The third-order valence-electron chi connectivity index (χ3n) is 5.00. The number of phosphoric ester groups is 1. The molecule has 2 aromatic heterocycles. The van der Waals surface area contributed by atoms with E-state index in [0.717, 1.165) is 12.1 Å². The van der Waals surface area contributed by atoms with Gasteiger partial charge >= 0.3 is 7.82 Å². The monoisotopic (exact) mass is 485 g/mol. The zero-order chi connectivity index (χ0) is 23.9. The van der Waals surface area contributed by atoms with Crippen LogP contribution in [-0.4, -0.2) is 79.8 Å². The number of nitrogens with zero attached hydrogens (tertiary/aromatic N) is 4. The standard InChI is InChI=1S/C17H20N5O10P/c23-7-1-9(24)8(10(25)2-7)3-18-15-12-16(20-5-19-15)22(6-21-12)17-14(27)13(26)11(32-17)4-31-33(28,29)30/h1-2,5-6,11,13-14,17,23-27H,3-4H2,(H,18,19,20)(H2,28,29,30)/t11-,13-,14-,17-/m1/s1. The fraction of sp³-hybridized carbons (Fsp3) is 0.353. The number of aromatic hydroxyl groups is 3. The Morgan fingerprint density at radius 2 is 1.79 bits per heavy atom. The van der Waals surface area contributed by atoms with Crippen molar-refractivity contribution in [1.82, 2.24) is 19.5 Å². The third-order valence-corrected chi connectivity index (χ3v) is 5.48. The number of rotatable bonds is 7. The van der Waals surface area contributed by atoms with Crippen LogP contribution in [-0.2, 0) is 20.4 Å². The number of aliphatic hydroxyl groups excluding tert-OH is 2. The van der Waals surface area contributed by atoms with E-state index in [4.69, 9.17) is 14.5 Å². The minimum Gasteiger partial charge on any atom is -0.508 e. The highest BCUT2D eigenvalue weighted by Gasteiger charge is 2.45. The quantitative estimate of drug-likeness (QED) is 0.193. The first kappa shape index (κ1) is 23.1. The second kappa shape index (κ2) is 8.72. The second-order valence-electron chi connectivity index (χ2n) is 7.20. The van der Waals surface area contributed by atoms with Crippen LogP contribution in [0, 0.1) is 0 Å². The van der Waals surface area contributed by atoms with Crippen LogP contribution >= 0.6 is 7.82 Å². The van der Waals surface area contributed by atoms with Gasteiger partial charge < -0.3 is 45.4 Å². The minimum atomic E-state index is -4.80. The number of phosphoric acid groups is 1. The summed E-state index contributed by atoms with van der Waals surface area (Å²) in [5.41, 5.74) is 0.527. The van der Waals surface area contributed by atoms with Crippen LogP contribution in [0.2, 0.25) is 0 Å². The first-order valence-electron chi connectivity index (χ1n) is 9.42. The lowest BCUT2D eigenvalue weighted by atomic mass is 10.1. The van der Waals surface area contributed by atoms with Gasteiger partial charge in [0.05, 0.1) is 18.5 Å². The van der Waals surface area contributed by atoms with E-state index >= 15 is 0 Å². The van der Waals surface area contributed by atoms with Gasteiger partial charge in [0, 0.05) is 18.7 Å². The molecule has 3 aromatic rings. The van der Waals surface area contributed by atoms with Gasteiger partial charge in [-0.2, -0.15) is 0 Å². The van der Waals surface area contributed by atoms with Crippen molar-refractivity contribution in [3.8, 4) is 17.2 Å². The number of phenolic OH excluding ortho intramolecular Hbond substituents is 3. The van der Waals surface area contributed by atoms with Crippen molar-refractivity contribution in [2.24, 2.45) is 0 Å². The van der Waals surface area contributed by atoms with Gasteiger partial charge in [0.25, 0.3) is 0 Å². The molecule has 1 fully saturated rings. The van der Waals surface area contributed by atoms with Crippen LogP contribution in [0.3, 0.4) is 0 Å². The zero-order valence-corrected chi connectivity index (χ0v) is 17.5. The van der Waals surface area contributed by atoms with Gasteiger partial charge in [-0.1, -0.05) is 0 Å². The summed E-state index contributed by atoms with van der Waals surface area (Å²) < 4.78 is 22.1. The number of hydrogen-bond acceptors (Lipinski definition) is 12. The van der Waals surface area contributed by atoms with Crippen LogP contribution in [0.15, 0.2) is 24.8 Å². The van der Waals surface area contributed by atoms with Crippen molar-refractivity contribution in [3.63, 3.8) is 0 Å². The maximum absolute atomic E-state index is 10.9. The molecule has 1 aromatic carbocycles. The molecule has 4 rings (SSSR count). The molecule has 1 saturated heterocycles. The maximum Gasteiger partial charge on any atom is 0.469 e. The molecule has 0 saturated carbocycles. The van der Waals surface area contributed by atoms with Crippen LogP contribution in [0.5, 0.6) is 17.2 Å². The number of anilines is 1. The summed E-state index contributed by atoms with van der Waals surface area (Å²) in [6, 6.07) is 2.13. The van der Waals surface area contributed by atoms with Crippen molar-refractivity contribution in [2.45, 2.75) is 31.1 Å². The highest BCUT2D eigenvalue weighted by molar-refractivity contribution is 7.46. The largest absolute Gasteiger partial charge is 0.508 e. The molecule has 16 heteroatoms. The average Bonchev–Trinajstić information content (AvgIpc) is 3.27. The summed E-state index contributed by atoms with van der Waals surface area (Å²) >= 11 is 0. The predicted octanol–water partition coefficient (Wildman–Crippen LogP) is -0.716. The molecule has 178 valence electrons. The molecule has 1 aliphatic rings. The molecular formula is C17H20N5O10P. The normalized spacial score (nSPS) is 23.3. The smallest absolute Gasteiger partial charge is 0.469 e. The molecule has 0 radical (unpaired) electrons. The highest BCUT2D eigenvalue weighted by atomic mass is 31.2. The zero-order valence-electron chi connectivity index (χ0n) is 16.6. The first-order valence-corrected chi connectivity index (χ1v) is 10.9. The number of phenols is 3. The highest BCUT2D eigenvalue weighted by Crippen LogP contribution is 2.39. The lowest BCUT2D eigenvalue weighted by Crippen LogP contribution is -2.33. The van der Waals surface area contributed by atoms with E-state index in [1.54, 1.807) is 0 Å². The van der Waals surface area contributed by atoms with Gasteiger partial charge in [-0.15, -0.1) is 0 Å². The number of hydrogen-bond donors (Lipinski definition) is 8. The van der Waals surface area contributed by atoms with Crippen molar-refractivity contribution in [1.29, 1.82) is 0 Å². The number of ether oxygens (including phenoxy) is 1. The minimum absolute atomic E-state index is 0.0834. The topological polar surface area (TPSA) is 233 Å². The molecule has 0 unspecified atom stereocenters. The number of imidazole rings is 1. The van der Waals surface area contributed by atoms with Gasteiger partial charge in [0.15, 0.2) is 23.2 Å².